The smallest absolute Gasteiger partial charge is 0.175 e. The lowest BCUT2D eigenvalue weighted by Gasteiger charge is -2.28. The van der Waals surface area contributed by atoms with Crippen molar-refractivity contribution in [2.75, 3.05) is 6.26 Å². The molecule has 2 aromatic carbocycles. The number of rotatable bonds is 6. The van der Waals surface area contributed by atoms with E-state index in [0.29, 0.717) is 11.3 Å². The average molecular weight is 416 g/mol. The number of aliphatic hydroxyl groups excluding tert-OH is 1. The number of hydrogen-bond donors (Lipinski definition) is 2. The van der Waals surface area contributed by atoms with Crippen LogP contribution in [0, 0.1) is 12.8 Å². The number of aliphatic hydroxyl groups is 1. The molecule has 1 fully saturated rings. The molecule has 0 bridgehead atoms. The Morgan fingerprint density at radius 2 is 1.69 bits per heavy atom. The molecule has 156 valence electrons. The summed E-state index contributed by atoms with van der Waals surface area (Å²) in [6.45, 7) is 2.06. The van der Waals surface area contributed by atoms with Crippen molar-refractivity contribution in [2.24, 2.45) is 11.1 Å². The van der Waals surface area contributed by atoms with Gasteiger partial charge in [-0.05, 0) is 61.4 Å². The van der Waals surface area contributed by atoms with E-state index in [1.54, 1.807) is 12.1 Å². The van der Waals surface area contributed by atoms with Gasteiger partial charge >= 0.3 is 0 Å². The summed E-state index contributed by atoms with van der Waals surface area (Å²) in [4.78, 5) is 0.294. The van der Waals surface area contributed by atoms with Crippen LogP contribution in [0.1, 0.15) is 54.7 Å². The van der Waals surface area contributed by atoms with Crippen LogP contribution in [-0.2, 0) is 9.84 Å². The Balaban J connectivity index is 1.94. The second-order valence-electron chi connectivity index (χ2n) is 8.05. The fourth-order valence-electron chi connectivity index (χ4n) is 4.24. The first-order valence-corrected chi connectivity index (χ1v) is 11.9. The van der Waals surface area contributed by atoms with Crippen LogP contribution in [0.2, 0.25) is 0 Å². The van der Waals surface area contributed by atoms with Gasteiger partial charge in [0.2, 0.25) is 0 Å². The van der Waals surface area contributed by atoms with Gasteiger partial charge < -0.3 is 10.3 Å². The van der Waals surface area contributed by atoms with Gasteiger partial charge in [0.15, 0.2) is 9.84 Å². The fraction of sp³-hybridized carbons (Fsp3) is 0.435. The summed E-state index contributed by atoms with van der Waals surface area (Å²) in [5.74, 6) is 0.118. The fourth-order valence-corrected chi connectivity index (χ4v) is 4.87. The van der Waals surface area contributed by atoms with Gasteiger partial charge in [-0.3, -0.25) is 0 Å². The molecule has 2 N–H and O–H groups in total. The quantitative estimate of drug-likeness (QED) is 0.418. The molecule has 3 rings (SSSR count). The number of hydrogen-bond acceptors (Lipinski definition) is 5. The maximum Gasteiger partial charge on any atom is 0.175 e. The molecular formula is C23H29NO4S. The second kappa shape index (κ2) is 9.09. The maximum atomic E-state index is 11.8. The number of sulfone groups is 1. The van der Waals surface area contributed by atoms with Gasteiger partial charge in [0.05, 0.1) is 16.7 Å². The SMILES string of the molecule is Cc1ccccc1C(CC(=NO)C1CCC(O)CC1)c1ccc(S(C)(=O)=O)cc1. The third-order valence-corrected chi connectivity index (χ3v) is 7.11. The predicted octanol–water partition coefficient (Wildman–Crippen LogP) is 4.30. The Bertz CT molecular complexity index is 959. The van der Waals surface area contributed by atoms with Crippen molar-refractivity contribution in [3.05, 3.63) is 65.2 Å². The maximum absolute atomic E-state index is 11.8. The Kier molecular flexibility index (Phi) is 6.75. The molecule has 0 radical (unpaired) electrons. The van der Waals surface area contributed by atoms with Gasteiger partial charge in [-0.1, -0.05) is 41.6 Å². The van der Waals surface area contributed by atoms with Gasteiger partial charge in [0.25, 0.3) is 0 Å². The van der Waals surface area contributed by atoms with E-state index in [-0.39, 0.29) is 17.9 Å². The van der Waals surface area contributed by atoms with Gasteiger partial charge in [-0.25, -0.2) is 8.42 Å². The van der Waals surface area contributed by atoms with Crippen molar-refractivity contribution < 1.29 is 18.7 Å². The number of oxime groups is 1. The predicted molar refractivity (Wildman–Crippen MR) is 114 cm³/mol. The topological polar surface area (TPSA) is 87.0 Å². The lowest BCUT2D eigenvalue weighted by molar-refractivity contribution is 0.120. The minimum atomic E-state index is -3.26. The molecule has 0 amide bonds. The second-order valence-corrected chi connectivity index (χ2v) is 10.1. The highest BCUT2D eigenvalue weighted by molar-refractivity contribution is 7.90. The van der Waals surface area contributed by atoms with Gasteiger partial charge in [-0.15, -0.1) is 0 Å². The lowest BCUT2D eigenvalue weighted by atomic mass is 9.78. The summed E-state index contributed by atoms with van der Waals surface area (Å²) in [6, 6.07) is 15.1. The van der Waals surface area contributed by atoms with Crippen molar-refractivity contribution in [3.8, 4) is 0 Å². The molecule has 1 aliphatic carbocycles. The molecule has 2 aromatic rings. The van der Waals surface area contributed by atoms with Crippen molar-refractivity contribution in [1.82, 2.24) is 0 Å². The number of nitrogens with zero attached hydrogens (tertiary/aromatic N) is 1. The van der Waals surface area contributed by atoms with E-state index in [9.17, 15) is 18.7 Å². The van der Waals surface area contributed by atoms with E-state index in [0.717, 1.165) is 48.1 Å². The van der Waals surface area contributed by atoms with Gasteiger partial charge in [0.1, 0.15) is 0 Å². The molecule has 1 atom stereocenters. The van der Waals surface area contributed by atoms with Gasteiger partial charge in [-0.2, -0.15) is 0 Å². The molecule has 1 unspecified atom stereocenters. The molecule has 0 heterocycles. The van der Waals surface area contributed by atoms with E-state index < -0.39 is 9.84 Å². The molecule has 0 aromatic heterocycles. The largest absolute Gasteiger partial charge is 0.411 e. The van der Waals surface area contributed by atoms with Crippen LogP contribution in [-0.4, -0.2) is 36.8 Å². The Morgan fingerprint density at radius 1 is 1.07 bits per heavy atom. The van der Waals surface area contributed by atoms with Crippen LogP contribution in [0.3, 0.4) is 0 Å². The lowest BCUT2D eigenvalue weighted by Crippen LogP contribution is -2.26. The molecule has 1 aliphatic rings. The van der Waals surface area contributed by atoms with E-state index in [1.807, 2.05) is 24.3 Å². The van der Waals surface area contributed by atoms with Crippen LogP contribution < -0.4 is 0 Å². The Labute approximate surface area is 173 Å². The van der Waals surface area contributed by atoms with Crippen molar-refractivity contribution in [1.29, 1.82) is 0 Å². The standard InChI is InChI=1S/C23H29NO4S/c1-16-5-3-4-6-21(16)22(17-9-13-20(14-10-17)29(2,27)28)15-23(24-26)18-7-11-19(25)12-8-18/h3-6,9-10,13-14,18-19,22,25-26H,7-8,11-12,15H2,1-2H3. The first-order chi connectivity index (χ1) is 13.8. The first-order valence-electron chi connectivity index (χ1n) is 10.0. The van der Waals surface area contributed by atoms with E-state index >= 15 is 0 Å². The normalized spacial score (nSPS) is 21.7. The zero-order valence-corrected chi connectivity index (χ0v) is 17.8. The van der Waals surface area contributed by atoms with Gasteiger partial charge in [0, 0.05) is 24.5 Å². The van der Waals surface area contributed by atoms with Crippen LogP contribution in [0.4, 0.5) is 0 Å². The third kappa shape index (κ3) is 5.25. The molecule has 0 spiro atoms. The number of benzene rings is 2. The Hall–Kier alpha value is -2.18. The molecule has 1 saturated carbocycles. The summed E-state index contributed by atoms with van der Waals surface area (Å²) in [7, 11) is -3.26. The highest BCUT2D eigenvalue weighted by atomic mass is 32.2. The summed E-state index contributed by atoms with van der Waals surface area (Å²) in [5.41, 5.74) is 4.01. The molecule has 5 nitrogen and oxygen atoms in total. The van der Waals surface area contributed by atoms with Crippen molar-refractivity contribution >= 4 is 15.5 Å². The minimum absolute atomic E-state index is 0.0393. The molecule has 29 heavy (non-hydrogen) atoms. The average Bonchev–Trinajstić information content (AvgIpc) is 2.70. The van der Waals surface area contributed by atoms with Crippen LogP contribution in [0.5, 0.6) is 0 Å². The molecule has 6 heteroatoms. The zero-order chi connectivity index (χ0) is 21.0. The molecule has 0 aliphatic heterocycles. The van der Waals surface area contributed by atoms with Crippen LogP contribution in [0.25, 0.3) is 0 Å². The highest BCUT2D eigenvalue weighted by Gasteiger charge is 2.28. The van der Waals surface area contributed by atoms with Crippen molar-refractivity contribution in [2.45, 2.75) is 55.9 Å². The minimum Gasteiger partial charge on any atom is -0.411 e. The summed E-state index contributed by atoms with van der Waals surface area (Å²) < 4.78 is 23.6. The van der Waals surface area contributed by atoms with E-state index in [2.05, 4.69) is 24.2 Å². The third-order valence-electron chi connectivity index (χ3n) is 5.98. The highest BCUT2D eigenvalue weighted by Crippen LogP contribution is 2.35. The van der Waals surface area contributed by atoms with Crippen LogP contribution in [0.15, 0.2) is 58.6 Å². The molecular weight excluding hydrogens is 386 g/mol. The summed E-state index contributed by atoms with van der Waals surface area (Å²) in [5, 5.41) is 23.2. The van der Waals surface area contributed by atoms with E-state index in [4.69, 9.17) is 0 Å². The zero-order valence-electron chi connectivity index (χ0n) is 17.0. The summed E-state index contributed by atoms with van der Waals surface area (Å²) in [6.07, 6.45) is 4.57. The molecule has 0 saturated heterocycles. The first kappa shape index (κ1) is 21.5. The monoisotopic (exact) mass is 415 g/mol. The van der Waals surface area contributed by atoms with Crippen LogP contribution >= 0.6 is 0 Å². The summed E-state index contributed by atoms with van der Waals surface area (Å²) >= 11 is 0. The van der Waals surface area contributed by atoms with E-state index in [1.165, 1.54) is 6.26 Å². The Morgan fingerprint density at radius 3 is 2.24 bits per heavy atom. The van der Waals surface area contributed by atoms with Crippen molar-refractivity contribution in [3.63, 3.8) is 0 Å². The number of aryl methyl sites for hydroxylation is 1.